The van der Waals surface area contributed by atoms with Crippen molar-refractivity contribution in [1.82, 2.24) is 0 Å². The largest absolute Gasteiger partial charge is 0.417 e. The van der Waals surface area contributed by atoms with Crippen LogP contribution in [0, 0.1) is 6.92 Å². The van der Waals surface area contributed by atoms with Gasteiger partial charge in [0, 0.05) is 10.0 Å². The zero-order valence-electron chi connectivity index (χ0n) is 7.50. The van der Waals surface area contributed by atoms with Gasteiger partial charge in [-0.2, -0.15) is 13.2 Å². The van der Waals surface area contributed by atoms with Crippen molar-refractivity contribution in [3.8, 4) is 0 Å². The molecule has 0 aliphatic carbocycles. The fraction of sp³-hybridized carbons (Fsp3) is 0.333. The molecule has 0 atom stereocenters. The lowest BCUT2D eigenvalue weighted by atomic mass is 10.1. The van der Waals surface area contributed by atoms with Crippen LogP contribution in [0.25, 0.3) is 0 Å². The molecule has 1 rings (SSSR count). The number of hydrogen-bond donors (Lipinski definition) is 0. The number of rotatable bonds is 1. The Bertz CT molecular complexity index is 370. The molecule has 0 heterocycles. The predicted octanol–water partition coefficient (Wildman–Crippen LogP) is 4.71. The lowest BCUT2D eigenvalue weighted by Crippen LogP contribution is -2.07. The van der Waals surface area contributed by atoms with E-state index in [1.54, 1.807) is 0 Å². The standard InChI is InChI=1S/C9H6BrF5/c1-4-2-6(9(13,14)15)7(10)3-5(4)8(11)12/h2-3,8H,1H3. The van der Waals surface area contributed by atoms with E-state index in [4.69, 9.17) is 0 Å². The Kier molecular flexibility index (Phi) is 3.38. The average Bonchev–Trinajstić information content (AvgIpc) is 2.06. The highest BCUT2D eigenvalue weighted by Crippen LogP contribution is 2.38. The highest BCUT2D eigenvalue weighted by molar-refractivity contribution is 9.10. The molecule has 6 heteroatoms. The molecule has 0 radical (unpaired) electrons. The first-order valence-electron chi connectivity index (χ1n) is 3.89. The SMILES string of the molecule is Cc1cc(C(F)(F)F)c(Br)cc1C(F)F. The van der Waals surface area contributed by atoms with E-state index in [0.717, 1.165) is 6.07 Å². The van der Waals surface area contributed by atoms with Crippen molar-refractivity contribution < 1.29 is 22.0 Å². The molecule has 0 nitrogen and oxygen atoms in total. The summed E-state index contributed by atoms with van der Waals surface area (Å²) in [6.45, 7) is 1.23. The van der Waals surface area contributed by atoms with Gasteiger partial charge in [0.2, 0.25) is 0 Å². The van der Waals surface area contributed by atoms with E-state index in [-0.39, 0.29) is 10.0 Å². The van der Waals surface area contributed by atoms with Crippen LogP contribution in [-0.4, -0.2) is 0 Å². The van der Waals surface area contributed by atoms with Crippen molar-refractivity contribution in [3.05, 3.63) is 33.3 Å². The first-order chi connectivity index (χ1) is 6.73. The van der Waals surface area contributed by atoms with Gasteiger partial charge in [-0.15, -0.1) is 0 Å². The second-order valence-corrected chi connectivity index (χ2v) is 3.84. The number of hydrogen-bond acceptors (Lipinski definition) is 0. The Labute approximate surface area is 91.2 Å². The zero-order valence-corrected chi connectivity index (χ0v) is 9.09. The van der Waals surface area contributed by atoms with Gasteiger partial charge in [0.05, 0.1) is 5.56 Å². The molecule has 84 valence electrons. The van der Waals surface area contributed by atoms with Gasteiger partial charge in [0.1, 0.15) is 0 Å². The Balaban J connectivity index is 3.32. The number of aryl methyl sites for hydroxylation is 1. The third kappa shape index (κ3) is 2.68. The molecule has 0 unspecified atom stereocenters. The highest BCUT2D eigenvalue weighted by Gasteiger charge is 2.33. The van der Waals surface area contributed by atoms with E-state index in [9.17, 15) is 22.0 Å². The maximum Gasteiger partial charge on any atom is 0.417 e. The molecule has 0 saturated carbocycles. The topological polar surface area (TPSA) is 0 Å². The summed E-state index contributed by atoms with van der Waals surface area (Å²) in [6, 6.07) is 1.52. The maximum atomic E-state index is 12.3. The van der Waals surface area contributed by atoms with Crippen LogP contribution in [0.2, 0.25) is 0 Å². The van der Waals surface area contributed by atoms with E-state index in [0.29, 0.717) is 6.07 Å². The zero-order chi connectivity index (χ0) is 11.8. The van der Waals surface area contributed by atoms with Gasteiger partial charge < -0.3 is 0 Å². The predicted molar refractivity (Wildman–Crippen MR) is 48.8 cm³/mol. The van der Waals surface area contributed by atoms with Crippen LogP contribution >= 0.6 is 15.9 Å². The third-order valence-electron chi connectivity index (χ3n) is 1.90. The summed E-state index contributed by atoms with van der Waals surface area (Å²) in [5.74, 6) is 0. The van der Waals surface area contributed by atoms with Gasteiger partial charge in [0.25, 0.3) is 6.43 Å². The molecule has 0 saturated heterocycles. The summed E-state index contributed by atoms with van der Waals surface area (Å²) >= 11 is 2.63. The smallest absolute Gasteiger partial charge is 0.205 e. The maximum absolute atomic E-state index is 12.3. The van der Waals surface area contributed by atoms with Crippen LogP contribution in [0.1, 0.15) is 23.1 Å². The van der Waals surface area contributed by atoms with Gasteiger partial charge >= 0.3 is 6.18 Å². The summed E-state index contributed by atoms with van der Waals surface area (Å²) in [4.78, 5) is 0. The van der Waals surface area contributed by atoms with Crippen LogP contribution in [-0.2, 0) is 6.18 Å². The Hall–Kier alpha value is -0.650. The molecule has 1 aromatic carbocycles. The van der Waals surface area contributed by atoms with E-state index in [1.807, 2.05) is 0 Å². The molecule has 0 bridgehead atoms. The lowest BCUT2D eigenvalue weighted by Gasteiger charge is -2.12. The summed E-state index contributed by atoms with van der Waals surface area (Å²) in [5.41, 5.74) is -1.40. The quantitative estimate of drug-likeness (QED) is 0.656. The van der Waals surface area contributed by atoms with E-state index < -0.39 is 23.7 Å². The number of benzene rings is 1. The first-order valence-corrected chi connectivity index (χ1v) is 4.68. The van der Waals surface area contributed by atoms with Crippen LogP contribution in [0.5, 0.6) is 0 Å². The summed E-state index contributed by atoms with van der Waals surface area (Å²) in [5, 5.41) is 0. The van der Waals surface area contributed by atoms with Gasteiger partial charge in [-0.25, -0.2) is 8.78 Å². The molecule has 0 aliphatic rings. The minimum atomic E-state index is -4.54. The molecule has 0 amide bonds. The van der Waals surface area contributed by atoms with Gasteiger partial charge in [-0.3, -0.25) is 0 Å². The lowest BCUT2D eigenvalue weighted by molar-refractivity contribution is -0.138. The number of halogens is 6. The van der Waals surface area contributed by atoms with Crippen molar-refractivity contribution in [2.75, 3.05) is 0 Å². The monoisotopic (exact) mass is 288 g/mol. The van der Waals surface area contributed by atoms with Crippen molar-refractivity contribution in [1.29, 1.82) is 0 Å². The molecule has 0 aromatic heterocycles. The summed E-state index contributed by atoms with van der Waals surface area (Å²) < 4.78 is 61.3. The Morgan fingerprint density at radius 2 is 1.73 bits per heavy atom. The van der Waals surface area contributed by atoms with E-state index >= 15 is 0 Å². The van der Waals surface area contributed by atoms with Crippen molar-refractivity contribution in [2.45, 2.75) is 19.5 Å². The third-order valence-corrected chi connectivity index (χ3v) is 2.55. The van der Waals surface area contributed by atoms with Crippen molar-refractivity contribution >= 4 is 15.9 Å². The highest BCUT2D eigenvalue weighted by atomic mass is 79.9. The molecule has 0 N–H and O–H groups in total. The minimum absolute atomic E-state index is 0.0690. The summed E-state index contributed by atoms with van der Waals surface area (Å²) in [6.07, 6.45) is -7.31. The van der Waals surface area contributed by atoms with Crippen LogP contribution < -0.4 is 0 Å². The van der Waals surface area contributed by atoms with Gasteiger partial charge in [0.15, 0.2) is 0 Å². The van der Waals surface area contributed by atoms with Crippen molar-refractivity contribution in [3.63, 3.8) is 0 Å². The van der Waals surface area contributed by atoms with Gasteiger partial charge in [-0.05, 0) is 24.6 Å². The van der Waals surface area contributed by atoms with Gasteiger partial charge in [-0.1, -0.05) is 15.9 Å². The minimum Gasteiger partial charge on any atom is -0.205 e. The molecule has 15 heavy (non-hydrogen) atoms. The van der Waals surface area contributed by atoms with E-state index in [1.165, 1.54) is 6.92 Å². The Morgan fingerprint density at radius 3 is 2.13 bits per heavy atom. The first kappa shape index (κ1) is 12.4. The average molecular weight is 289 g/mol. The molecule has 0 spiro atoms. The summed E-state index contributed by atoms with van der Waals surface area (Å²) in [7, 11) is 0. The fourth-order valence-corrected chi connectivity index (χ4v) is 1.74. The van der Waals surface area contributed by atoms with Crippen LogP contribution in [0.3, 0.4) is 0 Å². The van der Waals surface area contributed by atoms with E-state index in [2.05, 4.69) is 15.9 Å². The molecular formula is C9H6BrF5. The van der Waals surface area contributed by atoms with Crippen molar-refractivity contribution in [2.24, 2.45) is 0 Å². The van der Waals surface area contributed by atoms with Crippen LogP contribution in [0.15, 0.2) is 16.6 Å². The number of alkyl halides is 5. The molecule has 0 fully saturated rings. The molecule has 1 aromatic rings. The Morgan fingerprint density at radius 1 is 1.20 bits per heavy atom. The normalized spacial score (nSPS) is 12.3. The molecular weight excluding hydrogens is 283 g/mol. The second-order valence-electron chi connectivity index (χ2n) is 2.99. The van der Waals surface area contributed by atoms with Crippen LogP contribution in [0.4, 0.5) is 22.0 Å². The molecule has 0 aliphatic heterocycles. The second kappa shape index (κ2) is 4.08. The fourth-order valence-electron chi connectivity index (χ4n) is 1.15.